The molecule has 0 atom stereocenters. The maximum absolute atomic E-state index is 3.96. The molecule has 0 amide bonds. The predicted octanol–water partition coefficient (Wildman–Crippen LogP) is 1.72. The lowest BCUT2D eigenvalue weighted by Gasteiger charge is -1.97. The van der Waals surface area contributed by atoms with Gasteiger partial charge in [0.25, 0.3) is 0 Å². The minimum atomic E-state index is 0.781. The second-order valence-corrected chi connectivity index (χ2v) is 2.78. The van der Waals surface area contributed by atoms with Crippen LogP contribution in [0.1, 0.15) is 5.69 Å². The summed E-state index contributed by atoms with van der Waals surface area (Å²) in [5.74, 6) is 0. The van der Waals surface area contributed by atoms with E-state index >= 15 is 0 Å². The minimum Gasteiger partial charge on any atom is -0.260 e. The van der Waals surface area contributed by atoms with Crippen LogP contribution < -0.4 is 0 Å². The van der Waals surface area contributed by atoms with Gasteiger partial charge in [-0.15, -0.1) is 0 Å². The third kappa shape index (κ3) is 1.31. The number of aromatic nitrogens is 2. The Morgan fingerprint density at radius 3 is 2.70 bits per heavy atom. The van der Waals surface area contributed by atoms with Crippen molar-refractivity contribution < 1.29 is 0 Å². The molecule has 1 rings (SSSR count). The maximum atomic E-state index is 3.96. The molecule has 1 aromatic rings. The molecule has 0 saturated carbocycles. The Hall–Kier alpha value is -0.520. The van der Waals surface area contributed by atoms with Gasteiger partial charge in [0.1, 0.15) is 15.7 Å². The van der Waals surface area contributed by atoms with E-state index in [1.807, 2.05) is 6.92 Å². The molecule has 0 aliphatic heterocycles. The van der Waals surface area contributed by atoms with Gasteiger partial charge in [0.05, 0.1) is 5.69 Å². The highest BCUT2D eigenvalue weighted by molar-refractivity contribution is 14.1. The van der Waals surface area contributed by atoms with Gasteiger partial charge in [0.15, 0.2) is 0 Å². The fraction of sp³-hybridized carbons (Fsp3) is 0.167. The average Bonchev–Trinajstić information content (AvgIpc) is 1.88. The summed E-state index contributed by atoms with van der Waals surface area (Å²) >= 11 is 2.10. The zero-order valence-corrected chi connectivity index (χ0v) is 7.66. The first kappa shape index (κ1) is 7.59. The largest absolute Gasteiger partial charge is 0.260 e. The molecule has 1 aromatic heterocycles. The highest BCUT2D eigenvalue weighted by atomic mass is 127. The van der Waals surface area contributed by atoms with Gasteiger partial charge in [-0.25, -0.2) is 9.97 Å². The summed E-state index contributed by atoms with van der Waals surface area (Å²) in [6, 6.07) is 0. The van der Waals surface area contributed by atoms with Gasteiger partial charge in [-0.05, 0) is 36.2 Å². The molecule has 0 N–H and O–H groups in total. The molecule has 0 saturated heterocycles. The molecule has 10 heavy (non-hydrogen) atoms. The highest BCUT2D eigenvalue weighted by Crippen LogP contribution is 2.19. The van der Waals surface area contributed by atoms with Crippen LogP contribution in [-0.2, 0) is 0 Å². The Bertz CT molecular complexity index is 239. The summed E-state index contributed by atoms with van der Waals surface area (Å²) in [5, 5.41) is 0. The quantitative estimate of drug-likeness (QED) is 0.430. The minimum absolute atomic E-state index is 0.781. The highest BCUT2D eigenvalue weighted by Gasteiger charge is 2.00. The zero-order chi connectivity index (χ0) is 7.56. The van der Waals surface area contributed by atoms with Crippen molar-refractivity contribution in [2.75, 3.05) is 0 Å². The molecule has 1 heterocycles. The summed E-state index contributed by atoms with van der Waals surface area (Å²) < 4.78 is 0.847. The summed E-state index contributed by atoms with van der Waals surface area (Å²) in [7, 11) is 0. The van der Waals surface area contributed by atoms with Crippen LogP contribution in [0.15, 0.2) is 11.3 Å². The van der Waals surface area contributed by atoms with E-state index < -0.39 is 0 Å². The number of aliphatic imine (C=N–C) groups is 1. The summed E-state index contributed by atoms with van der Waals surface area (Å²) in [6.07, 6.45) is 1.52. The van der Waals surface area contributed by atoms with Crippen molar-refractivity contribution in [3.8, 4) is 0 Å². The Balaban J connectivity index is 3.30. The van der Waals surface area contributed by atoms with Gasteiger partial charge >= 0.3 is 0 Å². The molecule has 3 nitrogen and oxygen atoms in total. The second-order valence-electron chi connectivity index (χ2n) is 1.76. The molecule has 4 heteroatoms. The van der Waals surface area contributed by atoms with Gasteiger partial charge in [0, 0.05) is 0 Å². The molecule has 52 valence electrons. The van der Waals surface area contributed by atoms with Crippen LogP contribution in [0.5, 0.6) is 0 Å². The summed E-state index contributed by atoms with van der Waals surface area (Å²) in [5.41, 5.74) is 1.65. The van der Waals surface area contributed by atoms with Gasteiger partial charge in [0.2, 0.25) is 0 Å². The zero-order valence-electron chi connectivity index (χ0n) is 5.50. The third-order valence-electron chi connectivity index (χ3n) is 1.12. The molecule has 0 spiro atoms. The number of aryl methyl sites for hydroxylation is 1. The number of rotatable bonds is 1. The van der Waals surface area contributed by atoms with Crippen molar-refractivity contribution in [3.05, 3.63) is 15.7 Å². The summed E-state index contributed by atoms with van der Waals surface area (Å²) in [6.45, 7) is 5.30. The first-order valence-corrected chi connectivity index (χ1v) is 3.77. The summed E-state index contributed by atoms with van der Waals surface area (Å²) in [4.78, 5) is 11.7. The van der Waals surface area contributed by atoms with E-state index in [1.165, 1.54) is 6.33 Å². The van der Waals surface area contributed by atoms with Crippen LogP contribution in [-0.4, -0.2) is 16.7 Å². The van der Waals surface area contributed by atoms with Crippen molar-refractivity contribution in [1.29, 1.82) is 0 Å². The maximum Gasteiger partial charge on any atom is 0.130 e. The van der Waals surface area contributed by atoms with E-state index in [2.05, 4.69) is 44.3 Å². The smallest absolute Gasteiger partial charge is 0.130 e. The molecule has 0 unspecified atom stereocenters. The monoisotopic (exact) mass is 247 g/mol. The van der Waals surface area contributed by atoms with E-state index in [9.17, 15) is 0 Å². The lowest BCUT2D eigenvalue weighted by atomic mass is 10.4. The van der Waals surface area contributed by atoms with Crippen LogP contribution in [0, 0.1) is 10.6 Å². The van der Waals surface area contributed by atoms with Crippen LogP contribution in [0.25, 0.3) is 0 Å². The fourth-order valence-corrected chi connectivity index (χ4v) is 1.30. The topological polar surface area (TPSA) is 38.1 Å². The molecule has 0 bridgehead atoms. The van der Waals surface area contributed by atoms with E-state index in [1.54, 1.807) is 0 Å². The Morgan fingerprint density at radius 1 is 1.60 bits per heavy atom. The third-order valence-corrected chi connectivity index (χ3v) is 1.91. The lowest BCUT2D eigenvalue weighted by molar-refractivity contribution is 1.07. The molecule has 0 aromatic carbocycles. The first-order valence-electron chi connectivity index (χ1n) is 2.69. The first-order chi connectivity index (χ1) is 4.75. The molecule has 0 aliphatic carbocycles. The number of halogens is 1. The number of nitrogens with zero attached hydrogens (tertiary/aromatic N) is 3. The van der Waals surface area contributed by atoms with Crippen LogP contribution >= 0.6 is 22.6 Å². The Morgan fingerprint density at radius 2 is 2.30 bits per heavy atom. The predicted molar refractivity (Wildman–Crippen MR) is 48.7 cm³/mol. The van der Waals surface area contributed by atoms with Crippen molar-refractivity contribution in [2.45, 2.75) is 6.92 Å². The number of hydrogen-bond acceptors (Lipinski definition) is 3. The van der Waals surface area contributed by atoms with Crippen molar-refractivity contribution >= 4 is 35.0 Å². The average molecular weight is 247 g/mol. The van der Waals surface area contributed by atoms with Crippen LogP contribution in [0.4, 0.5) is 5.69 Å². The Kier molecular flexibility index (Phi) is 2.31. The van der Waals surface area contributed by atoms with Crippen LogP contribution in [0.2, 0.25) is 0 Å². The normalized spacial score (nSPS) is 9.40. The molecule has 0 radical (unpaired) electrons. The van der Waals surface area contributed by atoms with E-state index in [4.69, 9.17) is 0 Å². The standard InChI is InChI=1S/C6H6IN3/c1-4-5(8-2)6(7)10-3-9-4/h3H,2H2,1H3. The van der Waals surface area contributed by atoms with Crippen molar-refractivity contribution in [2.24, 2.45) is 4.99 Å². The van der Waals surface area contributed by atoms with Crippen molar-refractivity contribution in [1.82, 2.24) is 9.97 Å². The molecular formula is C6H6IN3. The SMILES string of the molecule is C=Nc1c(C)ncnc1I. The number of hydrogen-bond donors (Lipinski definition) is 0. The molecular weight excluding hydrogens is 241 g/mol. The van der Waals surface area contributed by atoms with E-state index in [0.29, 0.717) is 0 Å². The fourth-order valence-electron chi connectivity index (χ4n) is 0.617. The molecule has 0 fully saturated rings. The van der Waals surface area contributed by atoms with Gasteiger partial charge in [-0.3, -0.25) is 4.99 Å². The molecule has 0 aliphatic rings. The van der Waals surface area contributed by atoms with Gasteiger partial charge in [-0.1, -0.05) is 0 Å². The van der Waals surface area contributed by atoms with Crippen molar-refractivity contribution in [3.63, 3.8) is 0 Å². The van der Waals surface area contributed by atoms with E-state index in [-0.39, 0.29) is 0 Å². The second kappa shape index (κ2) is 3.05. The van der Waals surface area contributed by atoms with E-state index in [0.717, 1.165) is 15.1 Å². The van der Waals surface area contributed by atoms with Gasteiger partial charge < -0.3 is 0 Å². The lowest BCUT2D eigenvalue weighted by Crippen LogP contribution is -1.87. The Labute approximate surface area is 72.8 Å². The van der Waals surface area contributed by atoms with Gasteiger partial charge in [-0.2, -0.15) is 0 Å². The van der Waals surface area contributed by atoms with Crippen LogP contribution in [0.3, 0.4) is 0 Å².